The number of halogens is 3. The molecule has 0 atom stereocenters. The molecule has 1 aromatic rings. The van der Waals surface area contributed by atoms with Crippen LogP contribution in [0.15, 0.2) is 16.9 Å². The quantitative estimate of drug-likeness (QED) is 0.569. The van der Waals surface area contributed by atoms with E-state index >= 15 is 0 Å². The van der Waals surface area contributed by atoms with Crippen molar-refractivity contribution in [1.29, 1.82) is 0 Å². The molecule has 0 unspecified atom stereocenters. The SMILES string of the molecule is Clc1cnc(Br)c(CBr)c1. The van der Waals surface area contributed by atoms with E-state index in [0.717, 1.165) is 15.5 Å². The van der Waals surface area contributed by atoms with Gasteiger partial charge < -0.3 is 0 Å². The Kier molecular flexibility index (Phi) is 3.14. The lowest BCUT2D eigenvalue weighted by Gasteiger charge is -1.97. The van der Waals surface area contributed by atoms with Gasteiger partial charge in [0, 0.05) is 11.5 Å². The molecule has 0 radical (unpaired) electrons. The van der Waals surface area contributed by atoms with Gasteiger partial charge in [0.1, 0.15) is 4.60 Å². The molecule has 0 aliphatic heterocycles. The van der Waals surface area contributed by atoms with Gasteiger partial charge in [-0.15, -0.1) is 0 Å². The van der Waals surface area contributed by atoms with Gasteiger partial charge in [0.25, 0.3) is 0 Å². The summed E-state index contributed by atoms with van der Waals surface area (Å²) in [4.78, 5) is 4.00. The Morgan fingerprint density at radius 3 is 2.80 bits per heavy atom. The zero-order valence-electron chi connectivity index (χ0n) is 4.94. The Bertz CT molecular complexity index is 239. The van der Waals surface area contributed by atoms with Crippen LogP contribution >= 0.6 is 43.5 Å². The van der Waals surface area contributed by atoms with Crippen LogP contribution in [0.3, 0.4) is 0 Å². The summed E-state index contributed by atoms with van der Waals surface area (Å²) in [6, 6.07) is 1.87. The Morgan fingerprint density at radius 2 is 2.30 bits per heavy atom. The lowest BCUT2D eigenvalue weighted by atomic mass is 10.3. The average molecular weight is 285 g/mol. The van der Waals surface area contributed by atoms with Gasteiger partial charge in [-0.1, -0.05) is 27.5 Å². The largest absolute Gasteiger partial charge is 0.247 e. The summed E-state index contributed by atoms with van der Waals surface area (Å²) < 4.78 is 0.841. The Balaban J connectivity index is 3.09. The monoisotopic (exact) mass is 283 g/mol. The molecule has 0 bridgehead atoms. The summed E-state index contributed by atoms with van der Waals surface area (Å²) in [5.74, 6) is 0. The number of aromatic nitrogens is 1. The van der Waals surface area contributed by atoms with Gasteiger partial charge in [-0.25, -0.2) is 4.98 Å². The number of nitrogens with zero attached hydrogens (tertiary/aromatic N) is 1. The van der Waals surface area contributed by atoms with Crippen LogP contribution in [0.2, 0.25) is 5.02 Å². The fourth-order valence-corrected chi connectivity index (χ4v) is 1.90. The van der Waals surface area contributed by atoms with Gasteiger partial charge in [-0.05, 0) is 27.6 Å². The molecule has 1 heterocycles. The van der Waals surface area contributed by atoms with Crippen LogP contribution < -0.4 is 0 Å². The van der Waals surface area contributed by atoms with Crippen LogP contribution in [0, 0.1) is 0 Å². The third-order valence-corrected chi connectivity index (χ3v) is 2.55. The first-order valence-corrected chi connectivity index (χ1v) is 4.89. The summed E-state index contributed by atoms with van der Waals surface area (Å²) in [6.45, 7) is 0. The summed E-state index contributed by atoms with van der Waals surface area (Å²) in [5.41, 5.74) is 1.06. The number of alkyl halides is 1. The standard InChI is InChI=1S/C6H4Br2ClN/c7-2-4-1-5(9)3-10-6(4)8/h1,3H,2H2. The highest BCUT2D eigenvalue weighted by atomic mass is 79.9. The van der Waals surface area contributed by atoms with Crippen LogP contribution in [0.5, 0.6) is 0 Å². The molecule has 0 spiro atoms. The zero-order chi connectivity index (χ0) is 7.56. The molecule has 10 heavy (non-hydrogen) atoms. The molecule has 54 valence electrons. The third-order valence-electron chi connectivity index (χ3n) is 1.02. The molecule has 1 rings (SSSR count). The summed E-state index contributed by atoms with van der Waals surface area (Å²) in [7, 11) is 0. The van der Waals surface area contributed by atoms with Crippen LogP contribution in [0.1, 0.15) is 5.56 Å². The highest BCUT2D eigenvalue weighted by molar-refractivity contribution is 9.10. The molecule has 1 nitrogen and oxygen atoms in total. The van der Waals surface area contributed by atoms with Crippen LogP contribution in [-0.2, 0) is 5.33 Å². The number of rotatable bonds is 1. The van der Waals surface area contributed by atoms with Crippen molar-refractivity contribution in [3.05, 3.63) is 27.5 Å². The van der Waals surface area contributed by atoms with Crippen LogP contribution in [0.4, 0.5) is 0 Å². The number of hydrogen-bond acceptors (Lipinski definition) is 1. The Labute approximate surface area is 81.1 Å². The second-order valence-electron chi connectivity index (χ2n) is 1.74. The molecule has 0 fully saturated rings. The van der Waals surface area contributed by atoms with Crippen molar-refractivity contribution in [2.45, 2.75) is 5.33 Å². The first-order valence-electron chi connectivity index (χ1n) is 2.60. The first-order chi connectivity index (χ1) is 4.74. The van der Waals surface area contributed by atoms with E-state index in [1.54, 1.807) is 6.20 Å². The third kappa shape index (κ3) is 1.94. The van der Waals surface area contributed by atoms with Gasteiger partial charge in [0.2, 0.25) is 0 Å². The topological polar surface area (TPSA) is 12.9 Å². The molecule has 0 aliphatic rings. The van der Waals surface area contributed by atoms with Crippen LogP contribution in [0.25, 0.3) is 0 Å². The summed E-state index contributed by atoms with van der Waals surface area (Å²) in [5, 5.41) is 1.43. The lowest BCUT2D eigenvalue weighted by Crippen LogP contribution is -1.83. The highest BCUT2D eigenvalue weighted by Gasteiger charge is 1.98. The van der Waals surface area contributed by atoms with E-state index in [2.05, 4.69) is 36.8 Å². The fourth-order valence-electron chi connectivity index (χ4n) is 0.558. The Morgan fingerprint density at radius 1 is 1.60 bits per heavy atom. The van der Waals surface area contributed by atoms with E-state index < -0.39 is 0 Å². The lowest BCUT2D eigenvalue weighted by molar-refractivity contribution is 1.21. The predicted molar refractivity (Wildman–Crippen MR) is 49.6 cm³/mol. The maximum Gasteiger partial charge on any atom is 0.110 e. The molecule has 0 aliphatic carbocycles. The summed E-state index contributed by atoms with van der Waals surface area (Å²) in [6.07, 6.45) is 1.61. The molecule has 0 saturated carbocycles. The molecule has 0 saturated heterocycles. The predicted octanol–water partition coefficient (Wildman–Crippen LogP) is 3.39. The second kappa shape index (κ2) is 3.69. The van der Waals surface area contributed by atoms with Gasteiger partial charge in [0.05, 0.1) is 5.02 Å². The average Bonchev–Trinajstić information content (AvgIpc) is 1.94. The minimum atomic E-state index is 0.664. The maximum absolute atomic E-state index is 5.69. The number of hydrogen-bond donors (Lipinski definition) is 0. The van der Waals surface area contributed by atoms with Crippen molar-refractivity contribution in [1.82, 2.24) is 4.98 Å². The van der Waals surface area contributed by atoms with Gasteiger partial charge >= 0.3 is 0 Å². The second-order valence-corrected chi connectivity index (χ2v) is 3.49. The molecule has 4 heteroatoms. The van der Waals surface area contributed by atoms with Crippen molar-refractivity contribution < 1.29 is 0 Å². The normalized spacial score (nSPS) is 9.90. The summed E-state index contributed by atoms with van der Waals surface area (Å²) >= 11 is 12.3. The van der Waals surface area contributed by atoms with Crippen LogP contribution in [-0.4, -0.2) is 4.98 Å². The smallest absolute Gasteiger partial charge is 0.110 e. The van der Waals surface area contributed by atoms with Crippen molar-refractivity contribution in [2.24, 2.45) is 0 Å². The molecule has 1 aromatic heterocycles. The van der Waals surface area contributed by atoms with Gasteiger partial charge in [-0.3, -0.25) is 0 Å². The number of pyridine rings is 1. The zero-order valence-corrected chi connectivity index (χ0v) is 8.87. The van der Waals surface area contributed by atoms with E-state index in [1.165, 1.54) is 0 Å². The van der Waals surface area contributed by atoms with Crippen molar-refractivity contribution in [2.75, 3.05) is 0 Å². The van der Waals surface area contributed by atoms with E-state index in [4.69, 9.17) is 11.6 Å². The van der Waals surface area contributed by atoms with Crippen molar-refractivity contribution >= 4 is 43.5 Å². The maximum atomic E-state index is 5.69. The van der Waals surface area contributed by atoms with E-state index in [0.29, 0.717) is 5.02 Å². The fraction of sp³-hybridized carbons (Fsp3) is 0.167. The molecule has 0 N–H and O–H groups in total. The van der Waals surface area contributed by atoms with E-state index in [1.807, 2.05) is 6.07 Å². The van der Waals surface area contributed by atoms with Crippen molar-refractivity contribution in [3.63, 3.8) is 0 Å². The highest BCUT2D eigenvalue weighted by Crippen LogP contribution is 2.19. The molecular weight excluding hydrogens is 281 g/mol. The molecule has 0 amide bonds. The minimum absolute atomic E-state index is 0.664. The molecular formula is C6H4Br2ClN. The van der Waals surface area contributed by atoms with E-state index in [-0.39, 0.29) is 0 Å². The van der Waals surface area contributed by atoms with Gasteiger partial charge in [-0.2, -0.15) is 0 Å². The van der Waals surface area contributed by atoms with Crippen molar-refractivity contribution in [3.8, 4) is 0 Å². The first kappa shape index (κ1) is 8.50. The minimum Gasteiger partial charge on any atom is -0.247 e. The molecule has 0 aromatic carbocycles. The van der Waals surface area contributed by atoms with E-state index in [9.17, 15) is 0 Å². The Hall–Kier alpha value is 0.400. The van der Waals surface area contributed by atoms with Gasteiger partial charge in [0.15, 0.2) is 0 Å².